The van der Waals surface area contributed by atoms with Crippen molar-refractivity contribution in [3.8, 4) is 11.9 Å². The van der Waals surface area contributed by atoms with Gasteiger partial charge in [0.15, 0.2) is 18.0 Å². The second kappa shape index (κ2) is 10.9. The lowest BCUT2D eigenvalue weighted by Gasteiger charge is -2.26. The molecule has 37 heavy (non-hydrogen) atoms. The van der Waals surface area contributed by atoms with Crippen molar-refractivity contribution in [1.82, 2.24) is 19.5 Å². The number of nitrogens with zero attached hydrogens (tertiary/aromatic N) is 4. The molecule has 7 nitrogen and oxygen atoms in total. The van der Waals surface area contributed by atoms with E-state index in [1.165, 1.54) is 22.3 Å². The van der Waals surface area contributed by atoms with Gasteiger partial charge in [-0.2, -0.15) is 9.97 Å². The van der Waals surface area contributed by atoms with Crippen LogP contribution >= 0.6 is 0 Å². The highest BCUT2D eigenvalue weighted by atomic mass is 16.7. The number of aromatic nitrogens is 4. The summed E-state index contributed by atoms with van der Waals surface area (Å²) in [5.41, 5.74) is 6.36. The Morgan fingerprint density at radius 1 is 0.811 bits per heavy atom. The van der Waals surface area contributed by atoms with Crippen LogP contribution < -0.4 is 9.47 Å². The molecule has 196 valence electrons. The molecule has 2 aromatic carbocycles. The van der Waals surface area contributed by atoms with Gasteiger partial charge in [0.2, 0.25) is 5.88 Å². The summed E-state index contributed by atoms with van der Waals surface area (Å²) in [6.07, 6.45) is 2.56. The van der Waals surface area contributed by atoms with Gasteiger partial charge in [-0.3, -0.25) is 0 Å². The first-order valence-electron chi connectivity index (χ1n) is 12.7. The van der Waals surface area contributed by atoms with E-state index in [2.05, 4.69) is 86.8 Å². The second-order valence-electron chi connectivity index (χ2n) is 11.4. The summed E-state index contributed by atoms with van der Waals surface area (Å²) in [5.74, 6) is 0.407. The van der Waals surface area contributed by atoms with Crippen LogP contribution in [-0.4, -0.2) is 40.0 Å². The topological polar surface area (TPSA) is 71.3 Å². The van der Waals surface area contributed by atoms with Crippen LogP contribution in [0.15, 0.2) is 54.9 Å². The predicted molar refractivity (Wildman–Crippen MR) is 146 cm³/mol. The predicted octanol–water partition coefficient (Wildman–Crippen LogP) is 6.07. The molecule has 0 saturated heterocycles. The summed E-state index contributed by atoms with van der Waals surface area (Å²) in [6.45, 7) is 14.6. The third-order valence-electron chi connectivity index (χ3n) is 6.27. The Balaban J connectivity index is 1.68. The zero-order valence-corrected chi connectivity index (χ0v) is 23.0. The SMILES string of the molecule is COCOc1nc(OCCc2ccccc2)c2ncn(Cc3cc(C(C)(C)C)cc(C(C)(C)C)c3)c2n1. The molecule has 0 radical (unpaired) electrons. The number of ether oxygens (including phenoxy) is 3. The molecule has 2 aromatic heterocycles. The van der Waals surface area contributed by atoms with Crippen LogP contribution in [0.1, 0.15) is 63.8 Å². The molecule has 0 atom stereocenters. The van der Waals surface area contributed by atoms with Gasteiger partial charge < -0.3 is 18.8 Å². The van der Waals surface area contributed by atoms with Crippen molar-refractivity contribution in [2.75, 3.05) is 20.5 Å². The monoisotopic (exact) mass is 502 g/mol. The molecule has 0 spiro atoms. The van der Waals surface area contributed by atoms with Crippen LogP contribution in [0.2, 0.25) is 0 Å². The maximum Gasteiger partial charge on any atom is 0.324 e. The molecular weight excluding hydrogens is 464 g/mol. The van der Waals surface area contributed by atoms with Crippen molar-refractivity contribution in [1.29, 1.82) is 0 Å². The van der Waals surface area contributed by atoms with Gasteiger partial charge in [0.25, 0.3) is 0 Å². The number of fused-ring (bicyclic) bond motifs is 1. The summed E-state index contributed by atoms with van der Waals surface area (Å²) in [4.78, 5) is 13.7. The highest BCUT2D eigenvalue weighted by molar-refractivity contribution is 5.76. The third-order valence-corrected chi connectivity index (χ3v) is 6.27. The van der Waals surface area contributed by atoms with E-state index >= 15 is 0 Å². The lowest BCUT2D eigenvalue weighted by Crippen LogP contribution is -2.17. The average Bonchev–Trinajstić information content (AvgIpc) is 3.25. The molecule has 7 heteroatoms. The van der Waals surface area contributed by atoms with Crippen molar-refractivity contribution in [2.45, 2.75) is 65.3 Å². The molecule has 0 amide bonds. The fraction of sp³-hybridized carbons (Fsp3) is 0.433. The molecule has 4 rings (SSSR count). The van der Waals surface area contributed by atoms with Crippen LogP contribution in [0.5, 0.6) is 11.9 Å². The van der Waals surface area contributed by atoms with E-state index in [0.29, 0.717) is 30.2 Å². The summed E-state index contributed by atoms with van der Waals surface area (Å²) in [5, 5.41) is 0. The molecule has 0 aliphatic rings. The first-order chi connectivity index (χ1) is 17.5. The Labute approximate surface area is 219 Å². The van der Waals surface area contributed by atoms with Gasteiger partial charge in [-0.15, -0.1) is 0 Å². The molecule has 4 aromatic rings. The molecular formula is C30H38N4O3. The second-order valence-corrected chi connectivity index (χ2v) is 11.4. The van der Waals surface area contributed by atoms with Gasteiger partial charge in [0, 0.05) is 13.5 Å². The fourth-order valence-corrected chi connectivity index (χ4v) is 4.05. The number of benzene rings is 2. The normalized spacial score (nSPS) is 12.2. The lowest BCUT2D eigenvalue weighted by molar-refractivity contribution is 0.0439. The van der Waals surface area contributed by atoms with Crippen LogP contribution in [-0.2, 0) is 28.5 Å². The molecule has 0 bridgehead atoms. The van der Waals surface area contributed by atoms with Gasteiger partial charge in [0.1, 0.15) is 0 Å². The van der Waals surface area contributed by atoms with Crippen LogP contribution in [0.3, 0.4) is 0 Å². The number of rotatable bonds is 9. The van der Waals surface area contributed by atoms with E-state index in [-0.39, 0.29) is 23.6 Å². The first-order valence-corrected chi connectivity index (χ1v) is 12.7. The Morgan fingerprint density at radius 3 is 2.11 bits per heavy atom. The minimum Gasteiger partial charge on any atom is -0.476 e. The van der Waals surface area contributed by atoms with E-state index < -0.39 is 0 Å². The smallest absolute Gasteiger partial charge is 0.324 e. The highest BCUT2D eigenvalue weighted by Crippen LogP contribution is 2.31. The molecule has 0 aliphatic carbocycles. The quantitative estimate of drug-likeness (QED) is 0.259. The van der Waals surface area contributed by atoms with Crippen LogP contribution in [0.25, 0.3) is 11.2 Å². The minimum absolute atomic E-state index is 0.0378. The zero-order chi connectivity index (χ0) is 26.6. The standard InChI is InChI=1S/C30H38N4O3/c1-29(2,3)23-15-22(16-24(17-23)30(4,5)6)18-34-19-31-25-26(34)32-28(37-20-35-7)33-27(25)36-14-13-21-11-9-8-10-12-21/h8-12,15-17,19H,13-14,18,20H2,1-7H3. The van der Waals surface area contributed by atoms with Crippen molar-refractivity contribution in [3.05, 3.63) is 77.1 Å². The molecule has 2 heterocycles. The maximum absolute atomic E-state index is 6.09. The van der Waals surface area contributed by atoms with Crippen molar-refractivity contribution in [3.63, 3.8) is 0 Å². The van der Waals surface area contributed by atoms with Gasteiger partial charge in [-0.05, 0) is 33.1 Å². The third kappa shape index (κ3) is 6.66. The Kier molecular flexibility index (Phi) is 7.83. The fourth-order valence-electron chi connectivity index (χ4n) is 4.05. The first kappa shape index (κ1) is 26.6. The van der Waals surface area contributed by atoms with Crippen molar-refractivity contribution in [2.24, 2.45) is 0 Å². The Hall–Kier alpha value is -3.45. The van der Waals surface area contributed by atoms with Crippen molar-refractivity contribution >= 4 is 11.2 Å². The van der Waals surface area contributed by atoms with E-state index in [4.69, 9.17) is 14.2 Å². The van der Waals surface area contributed by atoms with Gasteiger partial charge >= 0.3 is 6.01 Å². The lowest BCUT2D eigenvalue weighted by atomic mass is 9.79. The molecule has 0 aliphatic heterocycles. The number of methoxy groups -OCH3 is 1. The molecule has 0 unspecified atom stereocenters. The van der Waals surface area contributed by atoms with Gasteiger partial charge in [0.05, 0.1) is 19.5 Å². The highest BCUT2D eigenvalue weighted by Gasteiger charge is 2.22. The van der Waals surface area contributed by atoms with E-state index in [0.717, 1.165) is 6.42 Å². The van der Waals surface area contributed by atoms with Crippen LogP contribution in [0, 0.1) is 0 Å². The summed E-state index contributed by atoms with van der Waals surface area (Å²) in [6, 6.07) is 17.3. The Morgan fingerprint density at radius 2 is 1.49 bits per heavy atom. The van der Waals surface area contributed by atoms with Gasteiger partial charge in [-0.25, -0.2) is 4.98 Å². The van der Waals surface area contributed by atoms with E-state index in [1.807, 2.05) is 22.8 Å². The molecule has 0 saturated carbocycles. The van der Waals surface area contributed by atoms with Gasteiger partial charge in [-0.1, -0.05) is 90.1 Å². The molecule has 0 fully saturated rings. The largest absolute Gasteiger partial charge is 0.476 e. The minimum atomic E-state index is 0.0378. The van der Waals surface area contributed by atoms with Crippen LogP contribution in [0.4, 0.5) is 0 Å². The number of imidazole rings is 1. The maximum atomic E-state index is 6.09. The number of hydrogen-bond acceptors (Lipinski definition) is 6. The van der Waals surface area contributed by atoms with E-state index in [1.54, 1.807) is 13.4 Å². The summed E-state index contributed by atoms with van der Waals surface area (Å²) in [7, 11) is 1.56. The summed E-state index contributed by atoms with van der Waals surface area (Å²) < 4.78 is 18.8. The Bertz CT molecular complexity index is 1300. The number of hydrogen-bond donors (Lipinski definition) is 0. The zero-order valence-electron chi connectivity index (χ0n) is 23.0. The summed E-state index contributed by atoms with van der Waals surface area (Å²) >= 11 is 0. The van der Waals surface area contributed by atoms with Crippen molar-refractivity contribution < 1.29 is 14.2 Å². The average molecular weight is 503 g/mol. The molecule has 0 N–H and O–H groups in total. The van der Waals surface area contributed by atoms with E-state index in [9.17, 15) is 0 Å².